The number of hydrogen-bond acceptors (Lipinski definition) is 4. The molecule has 1 unspecified atom stereocenters. The zero-order valence-corrected chi connectivity index (χ0v) is 15.5. The molecule has 3 rings (SSSR count). The summed E-state index contributed by atoms with van der Waals surface area (Å²) in [6.07, 6.45) is 6.68. The molecule has 3 N–H and O–H groups in total. The average Bonchev–Trinajstić information content (AvgIpc) is 3.14. The molecular formula is C20H27N5O2. The van der Waals surface area contributed by atoms with E-state index in [2.05, 4.69) is 15.3 Å². The molecule has 0 spiro atoms. The number of carbonyl (C=O) groups excluding carboxylic acids is 2. The number of nitrogens with zero attached hydrogens (tertiary/aromatic N) is 3. The molecular weight excluding hydrogens is 342 g/mol. The second kappa shape index (κ2) is 9.32. The number of likely N-dealkylation sites (tertiary alicyclic amines) is 1. The van der Waals surface area contributed by atoms with Crippen LogP contribution >= 0.6 is 0 Å². The molecule has 1 aromatic heterocycles. The third-order valence-electron chi connectivity index (χ3n) is 4.90. The number of rotatable bonds is 8. The third kappa shape index (κ3) is 5.65. The molecule has 1 aliphatic heterocycles. The number of aromatic nitrogens is 2. The minimum Gasteiger partial charge on any atom is -0.369 e. The zero-order chi connectivity index (χ0) is 19.1. The fourth-order valence-electron chi connectivity index (χ4n) is 3.44. The van der Waals surface area contributed by atoms with Crippen molar-refractivity contribution in [3.05, 3.63) is 48.3 Å². The van der Waals surface area contributed by atoms with E-state index < -0.39 is 0 Å². The zero-order valence-electron chi connectivity index (χ0n) is 15.5. The first kappa shape index (κ1) is 19.1. The van der Waals surface area contributed by atoms with Gasteiger partial charge in [0.15, 0.2) is 0 Å². The van der Waals surface area contributed by atoms with E-state index in [0.29, 0.717) is 13.0 Å². The molecule has 2 amide bonds. The molecule has 1 aliphatic rings. The van der Waals surface area contributed by atoms with Gasteiger partial charge >= 0.3 is 0 Å². The number of amides is 2. The predicted octanol–water partition coefficient (Wildman–Crippen LogP) is 1.12. The quantitative estimate of drug-likeness (QED) is 0.682. The van der Waals surface area contributed by atoms with Crippen molar-refractivity contribution in [2.75, 3.05) is 26.2 Å². The van der Waals surface area contributed by atoms with Crippen LogP contribution in [0, 0.1) is 5.92 Å². The third-order valence-corrected chi connectivity index (χ3v) is 4.90. The molecule has 1 saturated heterocycles. The predicted molar refractivity (Wildman–Crippen MR) is 103 cm³/mol. The molecule has 0 radical (unpaired) electrons. The summed E-state index contributed by atoms with van der Waals surface area (Å²) in [6, 6.07) is 9.81. The maximum atomic E-state index is 12.1. The maximum absolute atomic E-state index is 12.1. The molecule has 2 aromatic rings. The van der Waals surface area contributed by atoms with Gasteiger partial charge in [0.1, 0.15) is 0 Å². The van der Waals surface area contributed by atoms with Crippen LogP contribution in [0.4, 0.5) is 0 Å². The van der Waals surface area contributed by atoms with Gasteiger partial charge in [-0.2, -0.15) is 5.10 Å². The lowest BCUT2D eigenvalue weighted by atomic mass is 9.97. The molecule has 144 valence electrons. The van der Waals surface area contributed by atoms with Crippen molar-refractivity contribution in [3.8, 4) is 5.69 Å². The smallest absolute Gasteiger partial charge is 0.224 e. The van der Waals surface area contributed by atoms with E-state index in [4.69, 9.17) is 5.73 Å². The maximum Gasteiger partial charge on any atom is 0.224 e. The normalized spacial score (nSPS) is 17.6. The minimum atomic E-state index is -0.205. The van der Waals surface area contributed by atoms with Crippen molar-refractivity contribution in [2.45, 2.75) is 25.7 Å². The van der Waals surface area contributed by atoms with Crippen LogP contribution in [0.1, 0.15) is 24.8 Å². The minimum absolute atomic E-state index is 0.00346. The Kier molecular flexibility index (Phi) is 6.59. The Labute approximate surface area is 159 Å². The second-order valence-electron chi connectivity index (χ2n) is 7.05. The topological polar surface area (TPSA) is 93.2 Å². The summed E-state index contributed by atoms with van der Waals surface area (Å²) >= 11 is 0. The van der Waals surface area contributed by atoms with E-state index in [1.54, 1.807) is 10.9 Å². The largest absolute Gasteiger partial charge is 0.369 e. The van der Waals surface area contributed by atoms with Crippen molar-refractivity contribution in [1.29, 1.82) is 0 Å². The fourth-order valence-corrected chi connectivity index (χ4v) is 3.44. The number of nitrogens with one attached hydrogen (secondary N) is 1. The molecule has 27 heavy (non-hydrogen) atoms. The number of hydrogen-bond donors (Lipinski definition) is 2. The summed E-state index contributed by atoms with van der Waals surface area (Å²) in [4.78, 5) is 25.7. The monoisotopic (exact) mass is 369 g/mol. The van der Waals surface area contributed by atoms with Crippen LogP contribution in [0.25, 0.3) is 5.69 Å². The van der Waals surface area contributed by atoms with Crippen LogP contribution in [-0.4, -0.2) is 52.7 Å². The van der Waals surface area contributed by atoms with Gasteiger partial charge in [0.2, 0.25) is 11.8 Å². The summed E-state index contributed by atoms with van der Waals surface area (Å²) < 4.78 is 1.77. The van der Waals surface area contributed by atoms with E-state index in [1.165, 1.54) is 0 Å². The van der Waals surface area contributed by atoms with Crippen molar-refractivity contribution >= 4 is 11.8 Å². The van der Waals surface area contributed by atoms with Crippen LogP contribution < -0.4 is 11.1 Å². The number of carbonyl (C=O) groups is 2. The standard InChI is InChI=1S/C20H27N5O2/c21-20(27)17-6-4-10-24(15-17)11-5-9-22-19(26)12-16-13-23-25(14-16)18-7-2-1-3-8-18/h1-3,7-8,13-14,17H,4-6,9-12,15H2,(H2,21,27)(H,22,26). The molecule has 2 heterocycles. The summed E-state index contributed by atoms with van der Waals surface area (Å²) in [6.45, 7) is 3.23. The van der Waals surface area contributed by atoms with Crippen molar-refractivity contribution < 1.29 is 9.59 Å². The van der Waals surface area contributed by atoms with Crippen LogP contribution in [-0.2, 0) is 16.0 Å². The van der Waals surface area contributed by atoms with Crippen LogP contribution in [0.2, 0.25) is 0 Å². The van der Waals surface area contributed by atoms with E-state index >= 15 is 0 Å². The van der Waals surface area contributed by atoms with Gasteiger partial charge in [-0.15, -0.1) is 0 Å². The lowest BCUT2D eigenvalue weighted by molar-refractivity contribution is -0.123. The van der Waals surface area contributed by atoms with Gasteiger partial charge in [-0.3, -0.25) is 9.59 Å². The second-order valence-corrected chi connectivity index (χ2v) is 7.05. The van der Waals surface area contributed by atoms with Crippen LogP contribution in [0.15, 0.2) is 42.7 Å². The summed E-state index contributed by atoms with van der Waals surface area (Å²) in [7, 11) is 0. The SMILES string of the molecule is NC(=O)C1CCCN(CCCNC(=O)Cc2cnn(-c3ccccc3)c2)C1. The Morgan fingerprint density at radius 3 is 2.85 bits per heavy atom. The van der Waals surface area contributed by atoms with E-state index in [-0.39, 0.29) is 17.7 Å². The first-order valence-electron chi connectivity index (χ1n) is 9.49. The van der Waals surface area contributed by atoms with Gasteiger partial charge < -0.3 is 16.0 Å². The number of piperidine rings is 1. The van der Waals surface area contributed by atoms with Gasteiger partial charge in [0.25, 0.3) is 0 Å². The van der Waals surface area contributed by atoms with Crippen molar-refractivity contribution in [1.82, 2.24) is 20.0 Å². The highest BCUT2D eigenvalue weighted by atomic mass is 16.2. The van der Waals surface area contributed by atoms with Gasteiger partial charge in [-0.25, -0.2) is 4.68 Å². The molecule has 0 saturated carbocycles. The Morgan fingerprint density at radius 2 is 2.07 bits per heavy atom. The summed E-state index contributed by atoms with van der Waals surface area (Å²) in [5.41, 5.74) is 7.26. The first-order chi connectivity index (χ1) is 13.1. The number of nitrogens with two attached hydrogens (primary N) is 1. The highest BCUT2D eigenvalue weighted by molar-refractivity contribution is 5.78. The van der Waals surface area contributed by atoms with E-state index in [1.807, 2.05) is 36.5 Å². The molecule has 0 bridgehead atoms. The van der Waals surface area contributed by atoms with Gasteiger partial charge in [0, 0.05) is 19.3 Å². The van der Waals surface area contributed by atoms with E-state index in [9.17, 15) is 9.59 Å². The fraction of sp³-hybridized carbons (Fsp3) is 0.450. The Bertz CT molecular complexity index is 759. The Morgan fingerprint density at radius 1 is 1.26 bits per heavy atom. The molecule has 1 atom stereocenters. The number of para-hydroxylation sites is 1. The number of primary amides is 1. The van der Waals surface area contributed by atoms with Crippen molar-refractivity contribution in [3.63, 3.8) is 0 Å². The molecule has 1 fully saturated rings. The molecule has 7 heteroatoms. The van der Waals surface area contributed by atoms with Crippen LogP contribution in [0.3, 0.4) is 0 Å². The van der Waals surface area contributed by atoms with Gasteiger partial charge in [0.05, 0.1) is 24.2 Å². The molecule has 7 nitrogen and oxygen atoms in total. The average molecular weight is 369 g/mol. The summed E-state index contributed by atoms with van der Waals surface area (Å²) in [5.74, 6) is -0.241. The lowest BCUT2D eigenvalue weighted by Gasteiger charge is -2.31. The van der Waals surface area contributed by atoms with E-state index in [0.717, 1.165) is 50.1 Å². The molecule has 1 aromatic carbocycles. The highest BCUT2D eigenvalue weighted by Gasteiger charge is 2.23. The molecule has 0 aliphatic carbocycles. The first-order valence-corrected chi connectivity index (χ1v) is 9.49. The van der Waals surface area contributed by atoms with Crippen LogP contribution in [0.5, 0.6) is 0 Å². The lowest BCUT2D eigenvalue weighted by Crippen LogP contribution is -2.42. The Hall–Kier alpha value is -2.67. The Balaban J connectivity index is 1.37. The number of benzene rings is 1. The summed E-state index contributed by atoms with van der Waals surface area (Å²) in [5, 5.41) is 7.27. The van der Waals surface area contributed by atoms with Gasteiger partial charge in [-0.05, 0) is 50.0 Å². The van der Waals surface area contributed by atoms with Gasteiger partial charge in [-0.1, -0.05) is 18.2 Å². The highest BCUT2D eigenvalue weighted by Crippen LogP contribution is 2.15. The van der Waals surface area contributed by atoms with Crippen molar-refractivity contribution in [2.24, 2.45) is 11.7 Å².